The first-order valence-electron chi connectivity index (χ1n) is 4.65. The van der Waals surface area contributed by atoms with E-state index in [9.17, 15) is 0 Å². The Bertz CT molecular complexity index is 374. The Kier molecular flexibility index (Phi) is 2.52. The Balaban J connectivity index is 2.43. The van der Waals surface area contributed by atoms with Crippen LogP contribution in [-0.2, 0) is 6.42 Å². The molecule has 0 bridgehead atoms. The van der Waals surface area contributed by atoms with Crippen LogP contribution in [0, 0.1) is 0 Å². The van der Waals surface area contributed by atoms with Crippen LogP contribution in [0.25, 0.3) is 0 Å². The molecule has 0 atom stereocenters. The van der Waals surface area contributed by atoms with Crippen LogP contribution in [0.5, 0.6) is 5.75 Å². The number of aryl methyl sites for hydroxylation is 1. The molecule has 1 aliphatic rings. The second-order valence-corrected chi connectivity index (χ2v) is 5.50. The molecule has 0 radical (unpaired) electrons. The summed E-state index contributed by atoms with van der Waals surface area (Å²) in [6, 6.07) is 3.94. The molecule has 0 saturated carbocycles. The van der Waals surface area contributed by atoms with Gasteiger partial charge in [-0.2, -0.15) is 0 Å². The third kappa shape index (κ3) is 1.91. The summed E-state index contributed by atoms with van der Waals surface area (Å²) in [5.74, 6) is 0.956. The lowest BCUT2D eigenvalue weighted by Crippen LogP contribution is -2.32. The lowest BCUT2D eigenvalue weighted by atomic mass is 9.94. The third-order valence-electron chi connectivity index (χ3n) is 2.49. The minimum Gasteiger partial charge on any atom is -0.488 e. The van der Waals surface area contributed by atoms with E-state index in [1.807, 2.05) is 12.1 Å². The van der Waals surface area contributed by atoms with Gasteiger partial charge in [0.2, 0.25) is 0 Å². The van der Waals surface area contributed by atoms with E-state index >= 15 is 0 Å². The number of fused-ring (bicyclic) bond motifs is 1. The molecule has 14 heavy (non-hydrogen) atoms. The summed E-state index contributed by atoms with van der Waals surface area (Å²) in [6.45, 7) is 4.22. The van der Waals surface area contributed by atoms with Gasteiger partial charge in [0, 0.05) is 4.47 Å². The summed E-state index contributed by atoms with van der Waals surface area (Å²) >= 11 is 9.41. The number of hydrogen-bond acceptors (Lipinski definition) is 1. The fourth-order valence-electron chi connectivity index (χ4n) is 1.64. The summed E-state index contributed by atoms with van der Waals surface area (Å²) in [4.78, 5) is 0. The maximum atomic E-state index is 6.01. The highest BCUT2D eigenvalue weighted by Crippen LogP contribution is 2.37. The number of rotatable bonds is 0. The molecule has 0 N–H and O–H groups in total. The van der Waals surface area contributed by atoms with E-state index in [4.69, 9.17) is 16.3 Å². The summed E-state index contributed by atoms with van der Waals surface area (Å²) in [5, 5.41) is 0.757. The van der Waals surface area contributed by atoms with Gasteiger partial charge in [-0.3, -0.25) is 0 Å². The van der Waals surface area contributed by atoms with Gasteiger partial charge in [-0.1, -0.05) is 11.6 Å². The fraction of sp³-hybridized carbons (Fsp3) is 0.455. The zero-order valence-corrected chi connectivity index (χ0v) is 10.6. The third-order valence-corrected chi connectivity index (χ3v) is 3.68. The maximum absolute atomic E-state index is 6.01. The first kappa shape index (κ1) is 10.3. The Morgan fingerprint density at radius 2 is 2.14 bits per heavy atom. The first-order chi connectivity index (χ1) is 6.48. The molecule has 0 fully saturated rings. The van der Waals surface area contributed by atoms with Gasteiger partial charge in [0.05, 0.1) is 5.02 Å². The molecular weight excluding hydrogens is 263 g/mol. The quantitative estimate of drug-likeness (QED) is 0.689. The highest BCUT2D eigenvalue weighted by atomic mass is 79.9. The topological polar surface area (TPSA) is 9.23 Å². The predicted molar refractivity (Wildman–Crippen MR) is 62.2 cm³/mol. The lowest BCUT2D eigenvalue weighted by molar-refractivity contribution is 0.0846. The van der Waals surface area contributed by atoms with Crippen molar-refractivity contribution in [2.24, 2.45) is 0 Å². The normalized spacial score (nSPS) is 18.6. The molecular formula is C11H12BrClO. The first-order valence-corrected chi connectivity index (χ1v) is 5.82. The second-order valence-electron chi connectivity index (χ2n) is 4.24. The lowest BCUT2D eigenvalue weighted by Gasteiger charge is -2.32. The van der Waals surface area contributed by atoms with Crippen molar-refractivity contribution < 1.29 is 4.74 Å². The molecule has 0 amide bonds. The van der Waals surface area contributed by atoms with Crippen LogP contribution in [-0.4, -0.2) is 5.60 Å². The van der Waals surface area contributed by atoms with Crippen LogP contribution >= 0.6 is 27.5 Å². The maximum Gasteiger partial charge on any atom is 0.124 e. The number of halogens is 2. The molecule has 1 nitrogen and oxygen atoms in total. The van der Waals surface area contributed by atoms with Crippen LogP contribution in [0.2, 0.25) is 5.02 Å². The van der Waals surface area contributed by atoms with Crippen molar-refractivity contribution in [3.8, 4) is 5.75 Å². The van der Waals surface area contributed by atoms with Gasteiger partial charge in [-0.15, -0.1) is 0 Å². The number of hydrogen-bond donors (Lipinski definition) is 0. The molecule has 1 heterocycles. The Morgan fingerprint density at radius 3 is 2.86 bits per heavy atom. The SMILES string of the molecule is CC1(C)CCc2cc(Cl)c(Br)cc2O1. The average molecular weight is 276 g/mol. The van der Waals surface area contributed by atoms with Crippen molar-refractivity contribution in [2.75, 3.05) is 0 Å². The standard InChI is InChI=1S/C11H12BrClO/c1-11(2)4-3-7-5-9(13)8(12)6-10(7)14-11/h5-6H,3-4H2,1-2H3. The Hall–Kier alpha value is -0.210. The zero-order valence-electron chi connectivity index (χ0n) is 8.23. The smallest absolute Gasteiger partial charge is 0.124 e. The van der Waals surface area contributed by atoms with Crippen LogP contribution in [0.4, 0.5) is 0 Å². The van der Waals surface area contributed by atoms with E-state index in [0.717, 1.165) is 28.1 Å². The monoisotopic (exact) mass is 274 g/mol. The fourth-order valence-corrected chi connectivity index (χ4v) is 2.15. The molecule has 2 rings (SSSR count). The molecule has 76 valence electrons. The van der Waals surface area contributed by atoms with Crippen molar-refractivity contribution in [2.45, 2.75) is 32.3 Å². The molecule has 3 heteroatoms. The molecule has 1 aliphatic heterocycles. The highest BCUT2D eigenvalue weighted by Gasteiger charge is 2.26. The Morgan fingerprint density at radius 1 is 1.43 bits per heavy atom. The molecule has 0 saturated heterocycles. The van der Waals surface area contributed by atoms with E-state index in [0.29, 0.717) is 0 Å². The van der Waals surface area contributed by atoms with Crippen LogP contribution in [0.15, 0.2) is 16.6 Å². The van der Waals surface area contributed by atoms with Gasteiger partial charge in [0.25, 0.3) is 0 Å². The van der Waals surface area contributed by atoms with Crippen molar-refractivity contribution in [1.82, 2.24) is 0 Å². The van der Waals surface area contributed by atoms with Crippen LogP contribution in [0.3, 0.4) is 0 Å². The minimum absolute atomic E-state index is 0.0553. The van der Waals surface area contributed by atoms with Gasteiger partial charge >= 0.3 is 0 Å². The van der Waals surface area contributed by atoms with Gasteiger partial charge in [0.1, 0.15) is 11.4 Å². The number of ether oxygens (including phenoxy) is 1. The summed E-state index contributed by atoms with van der Waals surface area (Å²) in [7, 11) is 0. The van der Waals surface area contributed by atoms with E-state index in [-0.39, 0.29) is 5.60 Å². The predicted octanol–water partition coefficient (Wildman–Crippen LogP) is 4.21. The largest absolute Gasteiger partial charge is 0.488 e. The molecule has 0 spiro atoms. The van der Waals surface area contributed by atoms with E-state index in [2.05, 4.69) is 29.8 Å². The van der Waals surface area contributed by atoms with Gasteiger partial charge in [-0.25, -0.2) is 0 Å². The van der Waals surface area contributed by atoms with Crippen molar-refractivity contribution in [3.05, 3.63) is 27.2 Å². The van der Waals surface area contributed by atoms with Crippen LogP contribution < -0.4 is 4.74 Å². The van der Waals surface area contributed by atoms with E-state index < -0.39 is 0 Å². The summed E-state index contributed by atoms with van der Waals surface area (Å²) in [6.07, 6.45) is 2.08. The Labute approximate surface area is 97.5 Å². The van der Waals surface area contributed by atoms with Gasteiger partial charge in [-0.05, 0) is 60.3 Å². The molecule has 0 unspecified atom stereocenters. The van der Waals surface area contributed by atoms with Gasteiger partial charge < -0.3 is 4.74 Å². The van der Waals surface area contributed by atoms with E-state index in [1.165, 1.54) is 5.56 Å². The highest BCUT2D eigenvalue weighted by molar-refractivity contribution is 9.10. The summed E-state index contributed by atoms with van der Waals surface area (Å²) in [5.41, 5.74) is 1.15. The molecule has 1 aromatic carbocycles. The van der Waals surface area contributed by atoms with Crippen molar-refractivity contribution >= 4 is 27.5 Å². The van der Waals surface area contributed by atoms with Crippen LogP contribution in [0.1, 0.15) is 25.8 Å². The van der Waals surface area contributed by atoms with Crippen molar-refractivity contribution in [3.63, 3.8) is 0 Å². The average Bonchev–Trinajstić information content (AvgIpc) is 2.07. The van der Waals surface area contributed by atoms with Crippen molar-refractivity contribution in [1.29, 1.82) is 0 Å². The molecule has 0 aliphatic carbocycles. The van der Waals surface area contributed by atoms with E-state index in [1.54, 1.807) is 0 Å². The molecule has 1 aromatic rings. The number of benzene rings is 1. The second kappa shape index (κ2) is 3.42. The zero-order chi connectivity index (χ0) is 10.3. The molecule has 0 aromatic heterocycles. The van der Waals surface area contributed by atoms with Gasteiger partial charge in [0.15, 0.2) is 0 Å². The minimum atomic E-state index is -0.0553. The summed E-state index contributed by atoms with van der Waals surface area (Å²) < 4.78 is 6.77.